The number of imidazole rings is 2. The minimum atomic E-state index is -3.82. The van der Waals surface area contributed by atoms with Crippen molar-refractivity contribution in [1.29, 1.82) is 0 Å². The molecular formula is C36H43N7O5S. The van der Waals surface area contributed by atoms with Crippen LogP contribution in [0, 0.1) is 0 Å². The van der Waals surface area contributed by atoms with Gasteiger partial charge in [0.05, 0.1) is 45.7 Å². The molecule has 49 heavy (non-hydrogen) atoms. The molecule has 4 aromatic rings. The first-order valence-electron chi connectivity index (χ1n) is 16.8. The Morgan fingerprint density at radius 2 is 1.29 bits per heavy atom. The number of aromatic amines is 2. The van der Waals surface area contributed by atoms with Crippen molar-refractivity contribution >= 4 is 22.0 Å². The van der Waals surface area contributed by atoms with E-state index in [0.29, 0.717) is 58.4 Å². The topological polar surface area (TPSA) is 153 Å². The van der Waals surface area contributed by atoms with Gasteiger partial charge in [0.25, 0.3) is 0 Å². The molecule has 2 saturated heterocycles. The number of likely N-dealkylation sites (tertiary alicyclic amines) is 2. The van der Waals surface area contributed by atoms with Gasteiger partial charge in [0.15, 0.2) is 0 Å². The zero-order chi connectivity index (χ0) is 34.9. The van der Waals surface area contributed by atoms with E-state index >= 15 is 0 Å². The number of nitrogens with one attached hydrogen (secondary N) is 3. The molecule has 2 aromatic heterocycles. The summed E-state index contributed by atoms with van der Waals surface area (Å²) in [5.41, 5.74) is 3.08. The number of urea groups is 1. The van der Waals surface area contributed by atoms with E-state index in [2.05, 4.69) is 25.3 Å². The van der Waals surface area contributed by atoms with Gasteiger partial charge in [-0.1, -0.05) is 24.3 Å². The van der Waals surface area contributed by atoms with Crippen molar-refractivity contribution < 1.29 is 22.7 Å². The van der Waals surface area contributed by atoms with Crippen LogP contribution in [0.3, 0.4) is 0 Å². The van der Waals surface area contributed by atoms with E-state index in [1.807, 2.05) is 70.7 Å². The smallest absolute Gasteiger partial charge is 0.410 e. The minimum absolute atomic E-state index is 0.124. The van der Waals surface area contributed by atoms with E-state index in [9.17, 15) is 18.0 Å². The molecule has 5 heterocycles. The SMILES string of the molecule is CC(C)(C)NC(=O)N1CCCC1c1ncc(-c2ccc3c(c2)S(=O)(=O)c2cc(-c4cnc(C5CCCN5C(=O)OC(C)(C)C)[nH]4)ccc2-3)[nH]1. The molecule has 0 spiro atoms. The van der Waals surface area contributed by atoms with Crippen molar-refractivity contribution in [2.75, 3.05) is 13.1 Å². The number of nitrogens with zero attached hydrogens (tertiary/aromatic N) is 4. The normalized spacial score (nSPS) is 20.0. The summed E-state index contributed by atoms with van der Waals surface area (Å²) in [6.07, 6.45) is 6.28. The van der Waals surface area contributed by atoms with Crippen LogP contribution in [-0.2, 0) is 14.6 Å². The molecule has 2 fully saturated rings. The first-order chi connectivity index (χ1) is 23.1. The van der Waals surface area contributed by atoms with E-state index in [-0.39, 0.29) is 39.5 Å². The molecule has 2 aromatic carbocycles. The molecule has 3 aliphatic heterocycles. The molecule has 0 radical (unpaired) electrons. The average Bonchev–Trinajstić information content (AvgIpc) is 3.85. The number of aromatic nitrogens is 4. The van der Waals surface area contributed by atoms with E-state index < -0.39 is 15.4 Å². The zero-order valence-corrected chi connectivity index (χ0v) is 29.6. The molecule has 12 nitrogen and oxygen atoms in total. The molecule has 0 aliphatic carbocycles. The van der Waals surface area contributed by atoms with Gasteiger partial charge in [-0.15, -0.1) is 0 Å². The van der Waals surface area contributed by atoms with Gasteiger partial charge in [-0.2, -0.15) is 0 Å². The number of amides is 3. The molecule has 2 unspecified atom stereocenters. The number of sulfone groups is 1. The summed E-state index contributed by atoms with van der Waals surface area (Å²) >= 11 is 0. The highest BCUT2D eigenvalue weighted by atomic mass is 32.2. The third-order valence-electron chi connectivity index (χ3n) is 9.15. The molecule has 2 atom stereocenters. The molecule has 258 valence electrons. The summed E-state index contributed by atoms with van der Waals surface area (Å²) in [7, 11) is -3.82. The predicted octanol–water partition coefficient (Wildman–Crippen LogP) is 7.00. The molecule has 3 aliphatic rings. The maximum Gasteiger partial charge on any atom is 0.410 e. The van der Waals surface area contributed by atoms with Crippen molar-refractivity contribution in [2.45, 2.75) is 100 Å². The Kier molecular flexibility index (Phi) is 7.88. The van der Waals surface area contributed by atoms with Gasteiger partial charge in [-0.05, 0) is 79.4 Å². The van der Waals surface area contributed by atoms with Crippen molar-refractivity contribution in [1.82, 2.24) is 35.1 Å². The molecule has 3 amide bonds. The van der Waals surface area contributed by atoms with Crippen LogP contribution in [0.25, 0.3) is 33.6 Å². The number of carbonyl (C=O) groups is 2. The number of hydrogen-bond donors (Lipinski definition) is 3. The summed E-state index contributed by atoms with van der Waals surface area (Å²) in [4.78, 5) is 45.7. The fraction of sp³-hybridized carbons (Fsp3) is 0.444. The number of H-pyrrole nitrogens is 2. The van der Waals surface area contributed by atoms with E-state index in [4.69, 9.17) is 4.74 Å². The number of hydrogen-bond acceptors (Lipinski definition) is 7. The quantitative estimate of drug-likeness (QED) is 0.184. The Bertz CT molecular complexity index is 1910. The van der Waals surface area contributed by atoms with Gasteiger partial charge in [-0.3, -0.25) is 4.90 Å². The van der Waals surface area contributed by atoms with Crippen LogP contribution in [0.5, 0.6) is 0 Å². The number of carbonyl (C=O) groups excluding carboxylic acids is 2. The van der Waals surface area contributed by atoms with Crippen LogP contribution < -0.4 is 5.32 Å². The standard InChI is InChI=1S/C36H43N7O5S/c1-35(2,3)41-33(44)42-15-7-9-27(42)31-37-19-25(39-31)21-11-13-23-24-14-12-22(18-30(24)49(46,47)29(23)17-21)26-20-38-32(40-26)28-10-8-16-43(28)34(45)48-36(4,5)6/h11-14,17-20,27-28H,7-10,15-16H2,1-6H3,(H,37,39)(H,38,40)(H,41,44). The lowest BCUT2D eigenvalue weighted by Crippen LogP contribution is -2.48. The Hall–Kier alpha value is -4.65. The number of benzene rings is 2. The number of fused-ring (bicyclic) bond motifs is 3. The Morgan fingerprint density at radius 3 is 1.78 bits per heavy atom. The van der Waals surface area contributed by atoms with E-state index in [0.717, 1.165) is 25.7 Å². The van der Waals surface area contributed by atoms with Gasteiger partial charge in [0, 0.05) is 40.9 Å². The lowest BCUT2D eigenvalue weighted by Gasteiger charge is -2.28. The maximum atomic E-state index is 14.0. The van der Waals surface area contributed by atoms with Crippen LogP contribution in [0.4, 0.5) is 9.59 Å². The Labute approximate surface area is 286 Å². The lowest BCUT2D eigenvalue weighted by atomic mass is 10.0. The summed E-state index contributed by atoms with van der Waals surface area (Å²) in [5.74, 6) is 1.32. The highest BCUT2D eigenvalue weighted by Gasteiger charge is 2.37. The fourth-order valence-corrected chi connectivity index (χ4v) is 8.71. The molecule has 0 bridgehead atoms. The minimum Gasteiger partial charge on any atom is -0.444 e. The summed E-state index contributed by atoms with van der Waals surface area (Å²) in [6, 6.07) is 10.3. The largest absolute Gasteiger partial charge is 0.444 e. The van der Waals surface area contributed by atoms with Crippen LogP contribution >= 0.6 is 0 Å². The second-order valence-electron chi connectivity index (χ2n) is 15.2. The molecule has 3 N–H and O–H groups in total. The Morgan fingerprint density at radius 1 is 0.796 bits per heavy atom. The van der Waals surface area contributed by atoms with Crippen LogP contribution in [-0.4, -0.2) is 74.5 Å². The van der Waals surface area contributed by atoms with Gasteiger partial charge >= 0.3 is 12.1 Å². The van der Waals surface area contributed by atoms with Gasteiger partial charge in [-0.25, -0.2) is 28.0 Å². The second-order valence-corrected chi connectivity index (χ2v) is 17.0. The molecular weight excluding hydrogens is 643 g/mol. The summed E-state index contributed by atoms with van der Waals surface area (Å²) < 4.78 is 33.6. The molecule has 13 heteroatoms. The summed E-state index contributed by atoms with van der Waals surface area (Å²) in [5, 5.41) is 3.04. The van der Waals surface area contributed by atoms with E-state index in [1.54, 1.807) is 29.4 Å². The van der Waals surface area contributed by atoms with Crippen molar-refractivity contribution in [3.8, 4) is 33.6 Å². The molecule has 7 rings (SSSR count). The fourth-order valence-electron chi connectivity index (χ4n) is 6.97. The van der Waals surface area contributed by atoms with Crippen molar-refractivity contribution in [2.24, 2.45) is 0 Å². The average molecular weight is 686 g/mol. The highest BCUT2D eigenvalue weighted by Crippen LogP contribution is 2.46. The summed E-state index contributed by atoms with van der Waals surface area (Å²) in [6.45, 7) is 12.6. The van der Waals surface area contributed by atoms with Gasteiger partial charge < -0.3 is 24.9 Å². The monoisotopic (exact) mass is 685 g/mol. The van der Waals surface area contributed by atoms with Gasteiger partial charge in [0.1, 0.15) is 17.2 Å². The van der Waals surface area contributed by atoms with Crippen LogP contribution in [0.2, 0.25) is 0 Å². The first-order valence-corrected chi connectivity index (χ1v) is 18.3. The van der Waals surface area contributed by atoms with E-state index in [1.165, 1.54) is 0 Å². The van der Waals surface area contributed by atoms with Crippen LogP contribution in [0.15, 0.2) is 58.6 Å². The second kappa shape index (κ2) is 11.7. The third kappa shape index (κ3) is 6.20. The lowest BCUT2D eigenvalue weighted by molar-refractivity contribution is 0.0218. The maximum absolute atomic E-state index is 14.0. The first kappa shape index (κ1) is 32.9. The van der Waals surface area contributed by atoms with Crippen molar-refractivity contribution in [3.05, 3.63) is 60.4 Å². The predicted molar refractivity (Wildman–Crippen MR) is 184 cm³/mol. The van der Waals surface area contributed by atoms with Crippen molar-refractivity contribution in [3.63, 3.8) is 0 Å². The zero-order valence-electron chi connectivity index (χ0n) is 28.8. The van der Waals surface area contributed by atoms with Crippen LogP contribution in [0.1, 0.15) is 91.0 Å². The number of ether oxygens (including phenoxy) is 1. The highest BCUT2D eigenvalue weighted by molar-refractivity contribution is 7.92. The number of rotatable bonds is 4. The third-order valence-corrected chi connectivity index (χ3v) is 11.0. The Balaban J connectivity index is 1.12. The molecule has 0 saturated carbocycles. The van der Waals surface area contributed by atoms with Gasteiger partial charge in [0.2, 0.25) is 9.84 Å².